The highest BCUT2D eigenvalue weighted by molar-refractivity contribution is 7.99. The monoisotopic (exact) mass is 312 g/mol. The molecule has 2 rings (SSSR count). The van der Waals surface area contributed by atoms with Crippen molar-refractivity contribution in [1.82, 2.24) is 19.7 Å². The zero-order valence-corrected chi connectivity index (χ0v) is 13.8. The van der Waals surface area contributed by atoms with Gasteiger partial charge in [-0.25, -0.2) is 0 Å². The number of likely N-dealkylation sites (N-methyl/N-ethyl adjacent to an activating group) is 1. The molecule has 0 unspecified atom stereocenters. The number of thioether (sulfide) groups is 1. The quantitative estimate of drug-likeness (QED) is 0.739. The second kappa shape index (κ2) is 6.79. The van der Waals surface area contributed by atoms with Crippen LogP contribution in [0.25, 0.3) is 0 Å². The van der Waals surface area contributed by atoms with Crippen molar-refractivity contribution in [2.24, 2.45) is 0 Å². The second-order valence-electron chi connectivity index (χ2n) is 5.89. The highest BCUT2D eigenvalue weighted by Gasteiger charge is 2.40. The van der Waals surface area contributed by atoms with E-state index in [-0.39, 0.29) is 11.3 Å². The highest BCUT2D eigenvalue weighted by Crippen LogP contribution is 2.38. The van der Waals surface area contributed by atoms with E-state index in [1.165, 1.54) is 31.0 Å². The SMILES string of the molecule is CCCc1nnc(SCC(=O)O)n1CC1(N(C)C)CCC1. The predicted octanol–water partition coefficient (Wildman–Crippen LogP) is 1.89. The van der Waals surface area contributed by atoms with E-state index in [4.69, 9.17) is 5.11 Å². The Labute approximate surface area is 129 Å². The molecule has 7 heteroatoms. The van der Waals surface area contributed by atoms with E-state index < -0.39 is 5.97 Å². The normalized spacial score (nSPS) is 17.0. The second-order valence-corrected chi connectivity index (χ2v) is 6.83. The van der Waals surface area contributed by atoms with E-state index in [0.717, 1.165) is 30.4 Å². The number of hydrogen-bond donors (Lipinski definition) is 1. The number of nitrogens with zero attached hydrogens (tertiary/aromatic N) is 4. The van der Waals surface area contributed by atoms with Gasteiger partial charge in [-0.2, -0.15) is 0 Å². The summed E-state index contributed by atoms with van der Waals surface area (Å²) < 4.78 is 2.14. The Kier molecular flexibility index (Phi) is 5.27. The Bertz CT molecular complexity index is 497. The minimum Gasteiger partial charge on any atom is -0.481 e. The average molecular weight is 312 g/mol. The molecule has 0 amide bonds. The van der Waals surface area contributed by atoms with Gasteiger partial charge in [0.25, 0.3) is 0 Å². The van der Waals surface area contributed by atoms with Gasteiger partial charge in [0.2, 0.25) is 0 Å². The molecule has 118 valence electrons. The fourth-order valence-electron chi connectivity index (χ4n) is 2.75. The van der Waals surface area contributed by atoms with Crippen LogP contribution in [-0.2, 0) is 17.8 Å². The number of carboxylic acid groups (broad SMARTS) is 1. The minimum atomic E-state index is -0.822. The van der Waals surface area contributed by atoms with Crippen LogP contribution in [-0.4, -0.2) is 56.1 Å². The van der Waals surface area contributed by atoms with Crippen molar-refractivity contribution >= 4 is 17.7 Å². The number of hydrogen-bond acceptors (Lipinski definition) is 5. The van der Waals surface area contributed by atoms with Gasteiger partial charge in [-0.1, -0.05) is 18.7 Å². The summed E-state index contributed by atoms with van der Waals surface area (Å²) in [6, 6.07) is 0. The van der Waals surface area contributed by atoms with Crippen LogP contribution >= 0.6 is 11.8 Å². The fraction of sp³-hybridized carbons (Fsp3) is 0.786. The van der Waals surface area contributed by atoms with E-state index in [0.29, 0.717) is 0 Å². The lowest BCUT2D eigenvalue weighted by atomic mass is 9.75. The van der Waals surface area contributed by atoms with Crippen LogP contribution in [0.5, 0.6) is 0 Å². The summed E-state index contributed by atoms with van der Waals surface area (Å²) in [6.45, 7) is 2.97. The van der Waals surface area contributed by atoms with Crippen molar-refractivity contribution in [3.05, 3.63) is 5.82 Å². The smallest absolute Gasteiger partial charge is 0.313 e. The lowest BCUT2D eigenvalue weighted by molar-refractivity contribution is -0.133. The molecule has 1 aliphatic rings. The lowest BCUT2D eigenvalue weighted by Gasteiger charge is -2.47. The van der Waals surface area contributed by atoms with Gasteiger partial charge in [-0.15, -0.1) is 10.2 Å². The molecule has 1 aliphatic carbocycles. The number of carbonyl (C=O) groups is 1. The molecule has 0 saturated heterocycles. The molecule has 0 aliphatic heterocycles. The van der Waals surface area contributed by atoms with E-state index in [1.54, 1.807) is 0 Å². The molecule has 6 nitrogen and oxygen atoms in total. The molecule has 1 aromatic heterocycles. The summed E-state index contributed by atoms with van der Waals surface area (Å²) in [4.78, 5) is 13.1. The molecule has 0 spiro atoms. The van der Waals surface area contributed by atoms with Crippen molar-refractivity contribution in [2.45, 2.75) is 56.3 Å². The van der Waals surface area contributed by atoms with Crippen LogP contribution in [0, 0.1) is 0 Å². The average Bonchev–Trinajstić information content (AvgIpc) is 2.73. The molecule has 1 heterocycles. The Hall–Kier alpha value is -1.08. The van der Waals surface area contributed by atoms with Crippen molar-refractivity contribution in [3.8, 4) is 0 Å². The van der Waals surface area contributed by atoms with Crippen LogP contribution in [0.2, 0.25) is 0 Å². The number of carboxylic acids is 1. The summed E-state index contributed by atoms with van der Waals surface area (Å²) in [5.41, 5.74) is 0.170. The first-order valence-corrected chi connectivity index (χ1v) is 8.41. The molecule has 21 heavy (non-hydrogen) atoms. The summed E-state index contributed by atoms with van der Waals surface area (Å²) in [6.07, 6.45) is 5.49. The summed E-state index contributed by atoms with van der Waals surface area (Å²) in [7, 11) is 4.24. The Morgan fingerprint density at radius 1 is 1.43 bits per heavy atom. The molecular weight excluding hydrogens is 288 g/mol. The third-order valence-corrected chi connectivity index (χ3v) is 5.23. The predicted molar refractivity (Wildman–Crippen MR) is 82.6 cm³/mol. The van der Waals surface area contributed by atoms with E-state index in [1.807, 2.05) is 0 Å². The fourth-order valence-corrected chi connectivity index (χ4v) is 3.42. The molecule has 1 aromatic rings. The Balaban J connectivity index is 2.21. The Morgan fingerprint density at radius 2 is 2.14 bits per heavy atom. The van der Waals surface area contributed by atoms with Gasteiger partial charge in [-0.3, -0.25) is 4.79 Å². The van der Waals surface area contributed by atoms with Crippen LogP contribution in [0.4, 0.5) is 0 Å². The molecule has 0 radical (unpaired) electrons. The molecular formula is C14H24N4O2S. The van der Waals surface area contributed by atoms with Gasteiger partial charge in [0.05, 0.1) is 5.75 Å². The van der Waals surface area contributed by atoms with Crippen LogP contribution in [0.3, 0.4) is 0 Å². The maximum Gasteiger partial charge on any atom is 0.313 e. The highest BCUT2D eigenvalue weighted by atomic mass is 32.2. The first-order valence-electron chi connectivity index (χ1n) is 7.42. The van der Waals surface area contributed by atoms with E-state index in [2.05, 4.69) is 40.7 Å². The summed E-state index contributed by atoms with van der Waals surface area (Å²) in [5, 5.41) is 18.1. The van der Waals surface area contributed by atoms with E-state index >= 15 is 0 Å². The van der Waals surface area contributed by atoms with Crippen LogP contribution in [0.15, 0.2) is 5.16 Å². The zero-order valence-electron chi connectivity index (χ0n) is 13.0. The van der Waals surface area contributed by atoms with Crippen LogP contribution < -0.4 is 0 Å². The molecule has 1 N–H and O–H groups in total. The molecule has 0 atom stereocenters. The van der Waals surface area contributed by atoms with Crippen molar-refractivity contribution < 1.29 is 9.90 Å². The van der Waals surface area contributed by atoms with Crippen molar-refractivity contribution in [1.29, 1.82) is 0 Å². The molecule has 0 aromatic carbocycles. The van der Waals surface area contributed by atoms with E-state index in [9.17, 15) is 4.79 Å². The maximum atomic E-state index is 10.8. The van der Waals surface area contributed by atoms with Gasteiger partial charge in [0.1, 0.15) is 5.82 Å². The standard InChI is InChI=1S/C14H24N4O2S/c1-4-6-11-15-16-13(21-9-12(19)20)18(11)10-14(17(2)3)7-5-8-14/h4-10H2,1-3H3,(H,19,20). The minimum absolute atomic E-state index is 0.0270. The topological polar surface area (TPSA) is 71.2 Å². The van der Waals surface area contributed by atoms with Crippen molar-refractivity contribution in [2.75, 3.05) is 19.8 Å². The zero-order chi connectivity index (χ0) is 15.5. The lowest BCUT2D eigenvalue weighted by Crippen LogP contribution is -2.53. The first-order chi connectivity index (χ1) is 9.98. The Morgan fingerprint density at radius 3 is 2.62 bits per heavy atom. The van der Waals surface area contributed by atoms with Gasteiger partial charge < -0.3 is 14.6 Å². The maximum absolute atomic E-state index is 10.8. The van der Waals surface area contributed by atoms with Gasteiger partial charge in [0.15, 0.2) is 5.16 Å². The number of aromatic nitrogens is 3. The van der Waals surface area contributed by atoms with Gasteiger partial charge in [0, 0.05) is 18.5 Å². The number of aryl methyl sites for hydroxylation is 1. The first kappa shape index (κ1) is 16.3. The van der Waals surface area contributed by atoms with Crippen LogP contribution in [0.1, 0.15) is 38.4 Å². The molecule has 1 fully saturated rings. The summed E-state index contributed by atoms with van der Waals surface area (Å²) >= 11 is 1.26. The number of rotatable bonds is 8. The molecule has 0 bridgehead atoms. The number of aliphatic carboxylic acids is 1. The third kappa shape index (κ3) is 3.58. The third-order valence-electron chi connectivity index (χ3n) is 4.28. The van der Waals surface area contributed by atoms with Crippen molar-refractivity contribution in [3.63, 3.8) is 0 Å². The molecule has 1 saturated carbocycles. The largest absolute Gasteiger partial charge is 0.481 e. The van der Waals surface area contributed by atoms with Gasteiger partial charge >= 0.3 is 5.97 Å². The summed E-state index contributed by atoms with van der Waals surface area (Å²) in [5.74, 6) is 0.176. The van der Waals surface area contributed by atoms with Gasteiger partial charge in [-0.05, 0) is 39.8 Å².